The first-order chi connectivity index (χ1) is 5.33. The van der Waals surface area contributed by atoms with E-state index in [1.54, 1.807) is 0 Å². The molecule has 0 aliphatic carbocycles. The molecule has 3 heteroatoms. The standard InChI is InChI=1S/C8H12O3/c1-2-7(9)11-8-5-3-4-6-10-8/h2,8H,1,3-6H2/t8-/m0/s1. The van der Waals surface area contributed by atoms with Crippen molar-refractivity contribution in [2.24, 2.45) is 0 Å². The first kappa shape index (κ1) is 8.27. The molecule has 0 bridgehead atoms. The van der Waals surface area contributed by atoms with Crippen LogP contribution in [-0.2, 0) is 14.3 Å². The fraction of sp³-hybridized carbons (Fsp3) is 0.625. The third-order valence-electron chi connectivity index (χ3n) is 1.55. The van der Waals surface area contributed by atoms with Crippen LogP contribution in [0.4, 0.5) is 0 Å². The van der Waals surface area contributed by atoms with Crippen molar-refractivity contribution in [3.63, 3.8) is 0 Å². The molecule has 1 fully saturated rings. The molecule has 1 atom stereocenters. The third-order valence-corrected chi connectivity index (χ3v) is 1.55. The van der Waals surface area contributed by atoms with Crippen molar-refractivity contribution >= 4 is 5.97 Å². The summed E-state index contributed by atoms with van der Waals surface area (Å²) in [6.45, 7) is 3.99. The molecule has 1 saturated heterocycles. The minimum Gasteiger partial charge on any atom is -0.433 e. The monoisotopic (exact) mass is 156 g/mol. The number of carbonyl (C=O) groups excluding carboxylic acids is 1. The van der Waals surface area contributed by atoms with Crippen LogP contribution in [0.2, 0.25) is 0 Å². The zero-order valence-electron chi connectivity index (χ0n) is 6.41. The number of hydrogen-bond donors (Lipinski definition) is 0. The average molecular weight is 156 g/mol. The number of carbonyl (C=O) groups is 1. The number of rotatable bonds is 2. The maximum absolute atomic E-state index is 10.7. The van der Waals surface area contributed by atoms with Crippen molar-refractivity contribution < 1.29 is 14.3 Å². The van der Waals surface area contributed by atoms with E-state index in [0.717, 1.165) is 25.3 Å². The Morgan fingerprint density at radius 2 is 2.45 bits per heavy atom. The summed E-state index contributed by atoms with van der Waals surface area (Å²) >= 11 is 0. The highest BCUT2D eigenvalue weighted by Crippen LogP contribution is 2.13. The van der Waals surface area contributed by atoms with Crippen LogP contribution in [0.5, 0.6) is 0 Å². The first-order valence-electron chi connectivity index (χ1n) is 3.77. The summed E-state index contributed by atoms with van der Waals surface area (Å²) < 4.78 is 10.0. The van der Waals surface area contributed by atoms with E-state index in [0.29, 0.717) is 6.61 Å². The van der Waals surface area contributed by atoms with Gasteiger partial charge in [0.1, 0.15) is 0 Å². The molecule has 1 heterocycles. The Balaban J connectivity index is 2.24. The molecule has 0 aromatic rings. The highest BCUT2D eigenvalue weighted by Gasteiger charge is 2.16. The van der Waals surface area contributed by atoms with Gasteiger partial charge in [-0.15, -0.1) is 0 Å². The quantitative estimate of drug-likeness (QED) is 0.445. The Morgan fingerprint density at radius 3 is 3.00 bits per heavy atom. The summed E-state index contributed by atoms with van der Waals surface area (Å²) in [5.41, 5.74) is 0. The Morgan fingerprint density at radius 1 is 1.64 bits per heavy atom. The lowest BCUT2D eigenvalue weighted by Crippen LogP contribution is -2.24. The van der Waals surface area contributed by atoms with E-state index in [-0.39, 0.29) is 6.29 Å². The van der Waals surface area contributed by atoms with Crippen molar-refractivity contribution in [1.29, 1.82) is 0 Å². The maximum Gasteiger partial charge on any atom is 0.332 e. The molecule has 0 saturated carbocycles. The molecule has 0 aromatic carbocycles. The molecule has 0 amide bonds. The number of ether oxygens (including phenoxy) is 2. The van der Waals surface area contributed by atoms with Gasteiger partial charge >= 0.3 is 5.97 Å². The number of esters is 1. The zero-order chi connectivity index (χ0) is 8.10. The summed E-state index contributed by atoms with van der Waals surface area (Å²) in [4.78, 5) is 10.7. The van der Waals surface area contributed by atoms with Crippen LogP contribution in [0.25, 0.3) is 0 Å². The molecule has 0 spiro atoms. The molecule has 11 heavy (non-hydrogen) atoms. The van der Waals surface area contributed by atoms with Gasteiger partial charge in [0, 0.05) is 12.5 Å². The van der Waals surface area contributed by atoms with Crippen LogP contribution in [0, 0.1) is 0 Å². The highest BCUT2D eigenvalue weighted by molar-refractivity contribution is 5.81. The van der Waals surface area contributed by atoms with Crippen LogP contribution >= 0.6 is 0 Å². The van der Waals surface area contributed by atoms with Gasteiger partial charge < -0.3 is 9.47 Å². The average Bonchev–Trinajstić information content (AvgIpc) is 2.06. The van der Waals surface area contributed by atoms with Gasteiger partial charge in [0.25, 0.3) is 0 Å². The second-order valence-corrected chi connectivity index (χ2v) is 2.44. The second-order valence-electron chi connectivity index (χ2n) is 2.44. The van der Waals surface area contributed by atoms with Crippen molar-refractivity contribution in [1.82, 2.24) is 0 Å². The Kier molecular flexibility index (Phi) is 3.11. The van der Waals surface area contributed by atoms with Crippen LogP contribution < -0.4 is 0 Å². The van der Waals surface area contributed by atoms with Crippen molar-refractivity contribution in [2.75, 3.05) is 6.61 Å². The minimum atomic E-state index is -0.406. The van der Waals surface area contributed by atoms with Gasteiger partial charge in [-0.05, 0) is 12.8 Å². The summed E-state index contributed by atoms with van der Waals surface area (Å²) in [6.07, 6.45) is 3.74. The lowest BCUT2D eigenvalue weighted by molar-refractivity contribution is -0.181. The van der Waals surface area contributed by atoms with E-state index in [1.807, 2.05) is 0 Å². The second kappa shape index (κ2) is 4.13. The number of hydrogen-bond acceptors (Lipinski definition) is 3. The lowest BCUT2D eigenvalue weighted by atomic mass is 10.2. The fourth-order valence-electron chi connectivity index (χ4n) is 0.982. The molecule has 0 radical (unpaired) electrons. The summed E-state index contributed by atoms with van der Waals surface area (Å²) in [7, 11) is 0. The lowest BCUT2D eigenvalue weighted by Gasteiger charge is -2.21. The Labute approximate surface area is 66.0 Å². The van der Waals surface area contributed by atoms with Crippen molar-refractivity contribution in [3.05, 3.63) is 12.7 Å². The molecule has 0 aromatic heterocycles. The first-order valence-corrected chi connectivity index (χ1v) is 3.77. The van der Waals surface area contributed by atoms with Gasteiger partial charge in [0.05, 0.1) is 6.61 Å². The minimum absolute atomic E-state index is 0.339. The Bertz CT molecular complexity index is 147. The zero-order valence-corrected chi connectivity index (χ0v) is 6.41. The van der Waals surface area contributed by atoms with E-state index in [1.165, 1.54) is 0 Å². The van der Waals surface area contributed by atoms with Gasteiger partial charge in [-0.25, -0.2) is 4.79 Å². The Hall–Kier alpha value is -0.830. The van der Waals surface area contributed by atoms with Crippen LogP contribution in [0.15, 0.2) is 12.7 Å². The largest absolute Gasteiger partial charge is 0.433 e. The van der Waals surface area contributed by atoms with Crippen LogP contribution in [-0.4, -0.2) is 18.9 Å². The van der Waals surface area contributed by atoms with E-state index >= 15 is 0 Å². The maximum atomic E-state index is 10.7. The van der Waals surface area contributed by atoms with Gasteiger partial charge in [0.15, 0.2) is 0 Å². The van der Waals surface area contributed by atoms with Crippen LogP contribution in [0.3, 0.4) is 0 Å². The molecule has 0 N–H and O–H groups in total. The summed E-state index contributed by atoms with van der Waals surface area (Å²) in [5, 5.41) is 0. The topological polar surface area (TPSA) is 35.5 Å². The van der Waals surface area contributed by atoms with E-state index in [4.69, 9.17) is 9.47 Å². The molecule has 0 unspecified atom stereocenters. The van der Waals surface area contributed by atoms with E-state index in [9.17, 15) is 4.79 Å². The molecule has 1 aliphatic heterocycles. The molecular formula is C8H12O3. The molecule has 62 valence electrons. The van der Waals surface area contributed by atoms with Crippen molar-refractivity contribution in [2.45, 2.75) is 25.6 Å². The molecular weight excluding hydrogens is 144 g/mol. The van der Waals surface area contributed by atoms with Gasteiger partial charge in [-0.3, -0.25) is 0 Å². The van der Waals surface area contributed by atoms with Gasteiger partial charge in [-0.2, -0.15) is 0 Å². The van der Waals surface area contributed by atoms with E-state index < -0.39 is 5.97 Å². The van der Waals surface area contributed by atoms with Gasteiger partial charge in [-0.1, -0.05) is 6.58 Å². The summed E-state index contributed by atoms with van der Waals surface area (Å²) in [6, 6.07) is 0. The third kappa shape index (κ3) is 2.72. The summed E-state index contributed by atoms with van der Waals surface area (Å²) in [5.74, 6) is -0.406. The normalized spacial score (nSPS) is 24.2. The van der Waals surface area contributed by atoms with Crippen LogP contribution in [0.1, 0.15) is 19.3 Å². The van der Waals surface area contributed by atoms with E-state index in [2.05, 4.69) is 6.58 Å². The predicted molar refractivity (Wildman–Crippen MR) is 39.9 cm³/mol. The molecule has 1 rings (SSSR count). The predicted octanol–water partition coefficient (Wildman–Crippen LogP) is 1.24. The SMILES string of the molecule is C=CC(=O)O[C@H]1CCCCO1. The smallest absolute Gasteiger partial charge is 0.332 e. The fourth-order valence-corrected chi connectivity index (χ4v) is 0.982. The van der Waals surface area contributed by atoms with Gasteiger partial charge in [0.2, 0.25) is 6.29 Å². The molecule has 3 nitrogen and oxygen atoms in total. The van der Waals surface area contributed by atoms with Crippen molar-refractivity contribution in [3.8, 4) is 0 Å². The molecule has 1 aliphatic rings. The highest BCUT2D eigenvalue weighted by atomic mass is 16.7.